The highest BCUT2D eigenvalue weighted by molar-refractivity contribution is 7.98. The Balaban J connectivity index is 2.64. The van der Waals surface area contributed by atoms with Crippen molar-refractivity contribution < 1.29 is 8.78 Å². The Bertz CT molecular complexity index is 532. The standard InChI is InChI=1S/C9H8F2N4S/c1-16-9-13-3-4-2-5(6(10)11)7(12)14-8(4)15-9/h2-3,6H,1H3,(H2,12,13,14,15). The Hall–Kier alpha value is -1.50. The third-order valence-electron chi connectivity index (χ3n) is 2.02. The van der Waals surface area contributed by atoms with Gasteiger partial charge in [0.25, 0.3) is 6.43 Å². The van der Waals surface area contributed by atoms with Gasteiger partial charge < -0.3 is 5.73 Å². The van der Waals surface area contributed by atoms with E-state index < -0.39 is 6.43 Å². The number of nitrogens with zero attached hydrogens (tertiary/aromatic N) is 3. The van der Waals surface area contributed by atoms with Crippen LogP contribution in [-0.2, 0) is 0 Å². The van der Waals surface area contributed by atoms with Crippen molar-refractivity contribution in [2.45, 2.75) is 11.6 Å². The van der Waals surface area contributed by atoms with E-state index in [2.05, 4.69) is 15.0 Å². The molecule has 2 N–H and O–H groups in total. The van der Waals surface area contributed by atoms with Crippen LogP contribution in [-0.4, -0.2) is 21.2 Å². The second kappa shape index (κ2) is 4.17. The Labute approximate surface area is 94.3 Å². The quantitative estimate of drug-likeness (QED) is 0.646. The summed E-state index contributed by atoms with van der Waals surface area (Å²) in [6.07, 6.45) is 0.641. The lowest BCUT2D eigenvalue weighted by Gasteiger charge is -2.05. The number of hydrogen-bond acceptors (Lipinski definition) is 5. The largest absolute Gasteiger partial charge is 0.383 e. The SMILES string of the molecule is CSc1ncc2cc(C(F)F)c(N)nc2n1. The Morgan fingerprint density at radius 2 is 2.12 bits per heavy atom. The molecule has 0 saturated carbocycles. The summed E-state index contributed by atoms with van der Waals surface area (Å²) >= 11 is 1.35. The van der Waals surface area contributed by atoms with Crippen molar-refractivity contribution in [2.75, 3.05) is 12.0 Å². The Morgan fingerprint density at radius 1 is 1.38 bits per heavy atom. The molecule has 0 aromatic carbocycles. The number of rotatable bonds is 2. The maximum absolute atomic E-state index is 12.5. The first-order valence-electron chi connectivity index (χ1n) is 4.37. The van der Waals surface area contributed by atoms with Gasteiger partial charge in [0, 0.05) is 11.6 Å². The summed E-state index contributed by atoms with van der Waals surface area (Å²) in [5.74, 6) is -0.187. The highest BCUT2D eigenvalue weighted by atomic mass is 32.2. The summed E-state index contributed by atoms with van der Waals surface area (Å²) in [6, 6.07) is 1.27. The molecule has 0 unspecified atom stereocenters. The Kier molecular flexibility index (Phi) is 2.86. The average Bonchev–Trinajstić information content (AvgIpc) is 2.27. The lowest BCUT2D eigenvalue weighted by Crippen LogP contribution is -2.00. The molecule has 0 saturated heterocycles. The molecule has 0 atom stereocenters. The van der Waals surface area contributed by atoms with Crippen LogP contribution < -0.4 is 5.73 Å². The summed E-state index contributed by atoms with van der Waals surface area (Å²) in [4.78, 5) is 11.9. The lowest BCUT2D eigenvalue weighted by atomic mass is 10.2. The minimum atomic E-state index is -2.64. The number of alkyl halides is 2. The van der Waals surface area contributed by atoms with E-state index in [-0.39, 0.29) is 11.4 Å². The third-order valence-corrected chi connectivity index (χ3v) is 2.59. The van der Waals surface area contributed by atoms with Crippen molar-refractivity contribution in [1.29, 1.82) is 0 Å². The molecule has 2 rings (SSSR count). The van der Waals surface area contributed by atoms with Crippen LogP contribution >= 0.6 is 11.8 Å². The number of anilines is 1. The van der Waals surface area contributed by atoms with Crippen molar-refractivity contribution in [3.63, 3.8) is 0 Å². The van der Waals surface area contributed by atoms with Crippen LogP contribution in [0.25, 0.3) is 11.0 Å². The second-order valence-electron chi connectivity index (χ2n) is 3.03. The molecule has 2 heterocycles. The maximum atomic E-state index is 12.5. The predicted octanol–water partition coefficient (Wildman–Crippen LogP) is 2.27. The van der Waals surface area contributed by atoms with Gasteiger partial charge in [-0.3, -0.25) is 0 Å². The van der Waals surface area contributed by atoms with E-state index >= 15 is 0 Å². The molecule has 0 amide bonds. The highest BCUT2D eigenvalue weighted by Gasteiger charge is 2.14. The van der Waals surface area contributed by atoms with Gasteiger partial charge in [-0.2, -0.15) is 0 Å². The first-order valence-corrected chi connectivity index (χ1v) is 5.59. The van der Waals surface area contributed by atoms with Gasteiger partial charge in [0.2, 0.25) is 0 Å². The van der Waals surface area contributed by atoms with E-state index in [0.29, 0.717) is 16.2 Å². The topological polar surface area (TPSA) is 64.7 Å². The van der Waals surface area contributed by atoms with Gasteiger partial charge in [-0.25, -0.2) is 23.7 Å². The summed E-state index contributed by atoms with van der Waals surface area (Å²) in [6.45, 7) is 0. The summed E-state index contributed by atoms with van der Waals surface area (Å²) in [5, 5.41) is 0.992. The minimum absolute atomic E-state index is 0.187. The number of nitrogen functional groups attached to an aromatic ring is 1. The van der Waals surface area contributed by atoms with Gasteiger partial charge >= 0.3 is 0 Å². The van der Waals surface area contributed by atoms with Crippen molar-refractivity contribution in [3.8, 4) is 0 Å². The fourth-order valence-corrected chi connectivity index (χ4v) is 1.59. The number of aromatic nitrogens is 3. The molecule has 16 heavy (non-hydrogen) atoms. The lowest BCUT2D eigenvalue weighted by molar-refractivity contribution is 0.152. The van der Waals surface area contributed by atoms with Crippen LogP contribution in [0, 0.1) is 0 Å². The molecule has 0 fully saturated rings. The van der Waals surface area contributed by atoms with Gasteiger partial charge in [-0.1, -0.05) is 11.8 Å². The summed E-state index contributed by atoms with van der Waals surface area (Å²) in [7, 11) is 0. The van der Waals surface area contributed by atoms with E-state index in [0.717, 1.165) is 0 Å². The monoisotopic (exact) mass is 242 g/mol. The van der Waals surface area contributed by atoms with Crippen LogP contribution in [0.1, 0.15) is 12.0 Å². The molecule has 0 aliphatic rings. The highest BCUT2D eigenvalue weighted by Crippen LogP contribution is 2.26. The van der Waals surface area contributed by atoms with Crippen molar-refractivity contribution >= 4 is 28.6 Å². The molecule has 0 radical (unpaired) electrons. The molecule has 0 aliphatic heterocycles. The van der Waals surface area contributed by atoms with Crippen LogP contribution in [0.15, 0.2) is 17.4 Å². The molecule has 2 aromatic rings. The first-order chi connectivity index (χ1) is 7.61. The fraction of sp³-hybridized carbons (Fsp3) is 0.222. The molecular formula is C9H8F2N4S. The van der Waals surface area contributed by atoms with Gasteiger partial charge in [0.15, 0.2) is 10.8 Å². The van der Waals surface area contributed by atoms with Crippen LogP contribution in [0.3, 0.4) is 0 Å². The summed E-state index contributed by atoms with van der Waals surface area (Å²) < 4.78 is 25.1. The number of pyridine rings is 1. The molecule has 84 valence electrons. The zero-order valence-electron chi connectivity index (χ0n) is 8.32. The van der Waals surface area contributed by atoms with Gasteiger partial charge in [0.05, 0.1) is 5.56 Å². The van der Waals surface area contributed by atoms with E-state index in [1.807, 2.05) is 6.26 Å². The zero-order valence-corrected chi connectivity index (χ0v) is 9.13. The zero-order chi connectivity index (χ0) is 11.7. The number of fused-ring (bicyclic) bond motifs is 1. The second-order valence-corrected chi connectivity index (χ2v) is 3.81. The summed E-state index contributed by atoms with van der Waals surface area (Å²) in [5.41, 5.74) is 5.47. The first kappa shape index (κ1) is 11.0. The van der Waals surface area contributed by atoms with E-state index in [9.17, 15) is 8.78 Å². The van der Waals surface area contributed by atoms with Crippen LogP contribution in [0.2, 0.25) is 0 Å². The minimum Gasteiger partial charge on any atom is -0.383 e. The molecule has 7 heteroatoms. The normalized spacial score (nSPS) is 11.2. The number of thioether (sulfide) groups is 1. The maximum Gasteiger partial charge on any atom is 0.267 e. The van der Waals surface area contributed by atoms with E-state index in [4.69, 9.17) is 5.73 Å². The predicted molar refractivity (Wildman–Crippen MR) is 58.5 cm³/mol. The molecule has 0 aliphatic carbocycles. The molecule has 0 spiro atoms. The van der Waals surface area contributed by atoms with E-state index in [1.54, 1.807) is 0 Å². The smallest absolute Gasteiger partial charge is 0.267 e. The van der Waals surface area contributed by atoms with Crippen LogP contribution in [0.5, 0.6) is 0 Å². The number of halogens is 2. The molecule has 0 bridgehead atoms. The van der Waals surface area contributed by atoms with Crippen molar-refractivity contribution in [2.24, 2.45) is 0 Å². The Morgan fingerprint density at radius 3 is 2.75 bits per heavy atom. The number of nitrogens with two attached hydrogens (primary N) is 1. The van der Waals surface area contributed by atoms with Gasteiger partial charge in [0.1, 0.15) is 5.82 Å². The third kappa shape index (κ3) is 1.90. The molecular weight excluding hydrogens is 234 g/mol. The van der Waals surface area contributed by atoms with Crippen LogP contribution in [0.4, 0.5) is 14.6 Å². The fourth-order valence-electron chi connectivity index (χ4n) is 1.25. The number of hydrogen-bond donors (Lipinski definition) is 1. The van der Waals surface area contributed by atoms with E-state index in [1.165, 1.54) is 24.0 Å². The van der Waals surface area contributed by atoms with Gasteiger partial charge in [-0.05, 0) is 12.3 Å². The van der Waals surface area contributed by atoms with Crippen molar-refractivity contribution in [3.05, 3.63) is 17.8 Å². The molecule has 4 nitrogen and oxygen atoms in total. The average molecular weight is 242 g/mol. The van der Waals surface area contributed by atoms with Crippen molar-refractivity contribution in [1.82, 2.24) is 15.0 Å². The molecule has 2 aromatic heterocycles. The van der Waals surface area contributed by atoms with Gasteiger partial charge in [-0.15, -0.1) is 0 Å².